The van der Waals surface area contributed by atoms with Gasteiger partial charge in [0, 0.05) is 11.3 Å². The Hall–Kier alpha value is -2.53. The van der Waals surface area contributed by atoms with Crippen molar-refractivity contribution in [2.45, 2.75) is 37.5 Å². The second kappa shape index (κ2) is 7.00. The van der Waals surface area contributed by atoms with Gasteiger partial charge in [0.2, 0.25) is 0 Å². The van der Waals surface area contributed by atoms with E-state index in [9.17, 15) is 0 Å². The molecule has 0 unspecified atom stereocenters. The van der Waals surface area contributed by atoms with E-state index < -0.39 is 0 Å². The van der Waals surface area contributed by atoms with Crippen LogP contribution in [0.4, 0.5) is 0 Å². The summed E-state index contributed by atoms with van der Waals surface area (Å²) >= 11 is 1.77. The Bertz CT molecular complexity index is 1030. The van der Waals surface area contributed by atoms with Gasteiger partial charge in [0.05, 0.1) is 11.0 Å². The number of nitrogens with zero attached hydrogens (tertiary/aromatic N) is 2. The molecule has 0 aliphatic heterocycles. The van der Waals surface area contributed by atoms with Gasteiger partial charge >= 0.3 is 0 Å². The van der Waals surface area contributed by atoms with E-state index in [1.54, 1.807) is 11.8 Å². The largest absolute Gasteiger partial charge is 0.337 e. The Balaban J connectivity index is 1.68. The third kappa shape index (κ3) is 3.27. The number of aromatic nitrogens is 4. The van der Waals surface area contributed by atoms with Gasteiger partial charge in [-0.1, -0.05) is 62.0 Å². The number of rotatable bonds is 5. The van der Waals surface area contributed by atoms with Crippen LogP contribution in [0.2, 0.25) is 0 Å². The van der Waals surface area contributed by atoms with E-state index in [2.05, 4.69) is 78.4 Å². The van der Waals surface area contributed by atoms with Crippen molar-refractivity contribution in [3.8, 4) is 11.5 Å². The molecule has 0 bridgehead atoms. The molecule has 0 atom stereocenters. The first-order valence-corrected chi connectivity index (χ1v) is 9.82. The fourth-order valence-electron chi connectivity index (χ4n) is 3.13. The molecule has 2 heterocycles. The summed E-state index contributed by atoms with van der Waals surface area (Å²) < 4.78 is 0. The monoisotopic (exact) mass is 362 g/mol. The van der Waals surface area contributed by atoms with Gasteiger partial charge in [-0.25, -0.2) is 4.98 Å². The number of nitrogens with one attached hydrogen (secondary N) is 2. The van der Waals surface area contributed by atoms with Crippen molar-refractivity contribution in [3.05, 3.63) is 65.2 Å². The van der Waals surface area contributed by atoms with Gasteiger partial charge in [-0.3, -0.25) is 5.10 Å². The molecule has 5 heteroatoms. The molecule has 4 nitrogen and oxygen atoms in total. The van der Waals surface area contributed by atoms with E-state index >= 15 is 0 Å². The molecule has 26 heavy (non-hydrogen) atoms. The minimum atomic E-state index is 0.358. The van der Waals surface area contributed by atoms with E-state index in [0.717, 1.165) is 33.3 Å². The van der Waals surface area contributed by atoms with Crippen LogP contribution in [0.5, 0.6) is 0 Å². The molecule has 0 aliphatic carbocycles. The Morgan fingerprint density at radius 1 is 1.08 bits per heavy atom. The average Bonchev–Trinajstić information content (AvgIpc) is 3.24. The quantitative estimate of drug-likeness (QED) is 0.449. The first-order chi connectivity index (χ1) is 12.6. The van der Waals surface area contributed by atoms with Crippen LogP contribution in [0.15, 0.2) is 53.6 Å². The van der Waals surface area contributed by atoms with Crippen LogP contribution < -0.4 is 0 Å². The first-order valence-electron chi connectivity index (χ1n) is 8.83. The minimum absolute atomic E-state index is 0.358. The van der Waals surface area contributed by atoms with Gasteiger partial charge in [-0.2, -0.15) is 5.10 Å². The number of imidazole rings is 1. The fourth-order valence-corrected chi connectivity index (χ4v) is 4.23. The maximum atomic E-state index is 4.76. The van der Waals surface area contributed by atoms with Crippen LogP contribution in [0, 0.1) is 6.92 Å². The zero-order valence-electron chi connectivity index (χ0n) is 15.2. The van der Waals surface area contributed by atoms with Gasteiger partial charge in [-0.15, -0.1) is 0 Å². The van der Waals surface area contributed by atoms with Crippen molar-refractivity contribution in [3.63, 3.8) is 0 Å². The zero-order chi connectivity index (χ0) is 18.1. The predicted molar refractivity (Wildman–Crippen MR) is 109 cm³/mol. The SMILES string of the molecule is Cc1ccc2nc(-c3[nH]nc(SCc4ccccc4)c3C(C)C)[nH]c2c1. The molecule has 0 saturated carbocycles. The van der Waals surface area contributed by atoms with Gasteiger partial charge in [0.15, 0.2) is 5.82 Å². The summed E-state index contributed by atoms with van der Waals surface area (Å²) in [6, 6.07) is 16.8. The molecule has 0 spiro atoms. The molecular formula is C21H22N4S. The van der Waals surface area contributed by atoms with Gasteiger partial charge in [0.25, 0.3) is 0 Å². The minimum Gasteiger partial charge on any atom is -0.337 e. The highest BCUT2D eigenvalue weighted by Gasteiger charge is 2.20. The molecule has 132 valence electrons. The van der Waals surface area contributed by atoms with E-state index in [1.807, 2.05) is 6.07 Å². The van der Waals surface area contributed by atoms with Gasteiger partial charge < -0.3 is 4.98 Å². The highest BCUT2D eigenvalue weighted by Crippen LogP contribution is 2.35. The van der Waals surface area contributed by atoms with E-state index in [0.29, 0.717) is 5.92 Å². The molecule has 2 aromatic carbocycles. The highest BCUT2D eigenvalue weighted by molar-refractivity contribution is 7.98. The summed E-state index contributed by atoms with van der Waals surface area (Å²) in [5, 5.41) is 8.87. The molecule has 2 aromatic heterocycles. The molecule has 0 saturated heterocycles. The van der Waals surface area contributed by atoms with Gasteiger partial charge in [-0.05, 0) is 36.1 Å². The summed E-state index contributed by atoms with van der Waals surface area (Å²) in [5.41, 5.74) is 6.78. The maximum absolute atomic E-state index is 4.76. The van der Waals surface area contributed by atoms with E-state index in [-0.39, 0.29) is 0 Å². The molecule has 0 aliphatic rings. The number of hydrogen-bond donors (Lipinski definition) is 2. The van der Waals surface area contributed by atoms with Crippen molar-refractivity contribution in [2.75, 3.05) is 0 Å². The number of H-pyrrole nitrogens is 2. The van der Waals surface area contributed by atoms with Crippen LogP contribution in [0.25, 0.3) is 22.6 Å². The number of hydrogen-bond acceptors (Lipinski definition) is 3. The van der Waals surface area contributed by atoms with Gasteiger partial charge in [0.1, 0.15) is 10.7 Å². The molecule has 4 aromatic rings. The van der Waals surface area contributed by atoms with Crippen molar-refractivity contribution < 1.29 is 0 Å². The zero-order valence-corrected chi connectivity index (χ0v) is 16.0. The third-order valence-corrected chi connectivity index (χ3v) is 5.50. The number of aromatic amines is 2. The van der Waals surface area contributed by atoms with Crippen molar-refractivity contribution in [1.82, 2.24) is 20.2 Å². The summed E-state index contributed by atoms with van der Waals surface area (Å²) in [6.45, 7) is 6.50. The fraction of sp³-hybridized carbons (Fsp3) is 0.238. The smallest absolute Gasteiger partial charge is 0.156 e. The Labute approximate surface area is 157 Å². The summed E-state index contributed by atoms with van der Waals surface area (Å²) in [7, 11) is 0. The molecule has 4 rings (SSSR count). The Morgan fingerprint density at radius 3 is 2.65 bits per heavy atom. The second-order valence-corrected chi connectivity index (χ2v) is 7.82. The van der Waals surface area contributed by atoms with Crippen LogP contribution >= 0.6 is 11.8 Å². The number of aryl methyl sites for hydroxylation is 1. The summed E-state index contributed by atoms with van der Waals surface area (Å²) in [5.74, 6) is 2.12. The Morgan fingerprint density at radius 2 is 1.88 bits per heavy atom. The molecule has 2 N–H and O–H groups in total. The van der Waals surface area contributed by atoms with Crippen LogP contribution in [0.1, 0.15) is 36.5 Å². The molecule has 0 amide bonds. The number of thioether (sulfide) groups is 1. The first kappa shape index (κ1) is 16.9. The number of benzene rings is 2. The second-order valence-electron chi connectivity index (χ2n) is 6.85. The Kier molecular flexibility index (Phi) is 4.55. The molecule has 0 fully saturated rings. The molecular weight excluding hydrogens is 340 g/mol. The van der Waals surface area contributed by atoms with E-state index in [4.69, 9.17) is 4.98 Å². The molecule has 0 radical (unpaired) electrons. The lowest BCUT2D eigenvalue weighted by molar-refractivity contribution is 0.837. The topological polar surface area (TPSA) is 57.4 Å². The van der Waals surface area contributed by atoms with Crippen LogP contribution in [0.3, 0.4) is 0 Å². The maximum Gasteiger partial charge on any atom is 0.156 e. The lowest BCUT2D eigenvalue weighted by Gasteiger charge is -2.08. The predicted octanol–water partition coefficient (Wildman–Crippen LogP) is 5.68. The summed E-state index contributed by atoms with van der Waals surface area (Å²) in [4.78, 5) is 8.21. The van der Waals surface area contributed by atoms with E-state index in [1.165, 1.54) is 16.7 Å². The standard InChI is InChI=1S/C21H22N4S/c1-13(2)18-19(20-22-16-10-9-14(3)11-17(16)23-20)24-25-21(18)26-12-15-7-5-4-6-8-15/h4-11,13H,12H2,1-3H3,(H,22,23)(H,24,25). The van der Waals surface area contributed by atoms with Crippen LogP contribution in [-0.2, 0) is 5.75 Å². The van der Waals surface area contributed by atoms with Crippen LogP contribution in [-0.4, -0.2) is 20.2 Å². The lowest BCUT2D eigenvalue weighted by Crippen LogP contribution is -1.93. The van der Waals surface area contributed by atoms with Crippen molar-refractivity contribution in [2.24, 2.45) is 0 Å². The van der Waals surface area contributed by atoms with Crippen molar-refractivity contribution >= 4 is 22.8 Å². The third-order valence-electron chi connectivity index (χ3n) is 4.44. The lowest BCUT2D eigenvalue weighted by atomic mass is 10.0. The normalized spacial score (nSPS) is 11.5. The highest BCUT2D eigenvalue weighted by atomic mass is 32.2. The van der Waals surface area contributed by atoms with Crippen molar-refractivity contribution in [1.29, 1.82) is 0 Å². The summed E-state index contributed by atoms with van der Waals surface area (Å²) in [6.07, 6.45) is 0. The number of fused-ring (bicyclic) bond motifs is 1. The average molecular weight is 363 g/mol.